The molecule has 0 radical (unpaired) electrons. The Morgan fingerprint density at radius 1 is 1.12 bits per heavy atom. The van der Waals surface area contributed by atoms with Crippen LogP contribution in [0.3, 0.4) is 0 Å². The monoisotopic (exact) mass is 338 g/mol. The van der Waals surface area contributed by atoms with E-state index < -0.39 is 28.9 Å². The molecule has 2 N–H and O–H groups in total. The topological polar surface area (TPSA) is 66.2 Å². The van der Waals surface area contributed by atoms with E-state index in [2.05, 4.69) is 9.97 Å². The molecule has 0 bridgehead atoms. The van der Waals surface area contributed by atoms with Gasteiger partial charge in [0.2, 0.25) is 0 Å². The fraction of sp³-hybridized carbons (Fsp3) is 0.412. The van der Waals surface area contributed by atoms with Crippen LogP contribution < -0.4 is 0 Å². The average molecular weight is 338 g/mol. The molecular weight excluding hydrogens is 321 g/mol. The predicted octanol–water partition coefficient (Wildman–Crippen LogP) is 3.01. The summed E-state index contributed by atoms with van der Waals surface area (Å²) in [4.78, 5) is 8.15. The Morgan fingerprint density at radius 3 is 2.38 bits per heavy atom. The zero-order chi connectivity index (χ0) is 17.6. The summed E-state index contributed by atoms with van der Waals surface area (Å²) in [6.45, 7) is 1.59. The van der Waals surface area contributed by atoms with Crippen LogP contribution >= 0.6 is 0 Å². The van der Waals surface area contributed by atoms with Gasteiger partial charge in [-0.15, -0.1) is 0 Å². The number of aromatic nitrogens is 2. The molecule has 2 heterocycles. The molecule has 2 aromatic heterocycles. The minimum Gasteiger partial charge on any atom is -0.390 e. The molecule has 1 unspecified atom stereocenters. The SMILES string of the molecule is CC1(O)CC(c2cc(C(F)(F)F)ccn2)(C(O)c2ccccn2)C1. The molecule has 7 heteroatoms. The highest BCUT2D eigenvalue weighted by atomic mass is 19.4. The van der Waals surface area contributed by atoms with Crippen LogP contribution in [-0.4, -0.2) is 25.8 Å². The van der Waals surface area contributed by atoms with Gasteiger partial charge in [-0.1, -0.05) is 6.07 Å². The first-order valence-electron chi connectivity index (χ1n) is 7.49. The van der Waals surface area contributed by atoms with E-state index in [1.165, 1.54) is 6.20 Å². The highest BCUT2D eigenvalue weighted by molar-refractivity contribution is 5.34. The standard InChI is InChI=1S/C17H17F3N2O2/c1-15(24)9-16(10-15,14(23)12-4-2-3-6-21-12)13-8-11(5-7-22-13)17(18,19)20/h2-8,14,23-24H,9-10H2,1H3. The second kappa shape index (κ2) is 5.53. The number of rotatable bonds is 3. The van der Waals surface area contributed by atoms with Crippen molar-refractivity contribution in [2.45, 2.75) is 43.1 Å². The van der Waals surface area contributed by atoms with Crippen molar-refractivity contribution in [2.75, 3.05) is 0 Å². The minimum absolute atomic E-state index is 0.103. The Labute approximate surface area is 137 Å². The van der Waals surface area contributed by atoms with Crippen molar-refractivity contribution in [3.63, 3.8) is 0 Å². The Bertz CT molecular complexity index is 724. The van der Waals surface area contributed by atoms with Crippen LogP contribution in [0.15, 0.2) is 42.7 Å². The van der Waals surface area contributed by atoms with Crippen LogP contribution in [0.25, 0.3) is 0 Å². The van der Waals surface area contributed by atoms with Crippen molar-refractivity contribution in [3.05, 3.63) is 59.7 Å². The van der Waals surface area contributed by atoms with Crippen molar-refractivity contribution in [3.8, 4) is 0 Å². The van der Waals surface area contributed by atoms with E-state index in [0.29, 0.717) is 5.69 Å². The Morgan fingerprint density at radius 2 is 1.83 bits per heavy atom. The molecule has 1 aliphatic carbocycles. The van der Waals surface area contributed by atoms with Crippen LogP contribution in [0.1, 0.15) is 42.8 Å². The van der Waals surface area contributed by atoms with Gasteiger partial charge in [0, 0.05) is 17.8 Å². The second-order valence-electron chi connectivity index (χ2n) is 6.59. The van der Waals surface area contributed by atoms with E-state index in [1.54, 1.807) is 25.1 Å². The highest BCUT2D eigenvalue weighted by Crippen LogP contribution is 2.56. The predicted molar refractivity (Wildman–Crippen MR) is 80.0 cm³/mol. The number of aliphatic hydroxyl groups excluding tert-OH is 1. The highest BCUT2D eigenvalue weighted by Gasteiger charge is 2.58. The fourth-order valence-corrected chi connectivity index (χ4v) is 3.52. The number of hydrogen-bond donors (Lipinski definition) is 2. The number of halogens is 3. The van der Waals surface area contributed by atoms with Crippen LogP contribution in [0.5, 0.6) is 0 Å². The number of alkyl halides is 3. The van der Waals surface area contributed by atoms with Gasteiger partial charge >= 0.3 is 6.18 Å². The Hall–Kier alpha value is -1.99. The summed E-state index contributed by atoms with van der Waals surface area (Å²) >= 11 is 0. The quantitative estimate of drug-likeness (QED) is 0.903. The zero-order valence-corrected chi connectivity index (χ0v) is 13.0. The summed E-state index contributed by atoms with van der Waals surface area (Å²) in [5.74, 6) is 0. The first-order valence-corrected chi connectivity index (χ1v) is 7.49. The maximum Gasteiger partial charge on any atom is 0.416 e. The number of nitrogens with zero attached hydrogens (tertiary/aromatic N) is 2. The lowest BCUT2D eigenvalue weighted by Gasteiger charge is -2.53. The molecule has 0 spiro atoms. The van der Waals surface area contributed by atoms with E-state index in [-0.39, 0.29) is 18.5 Å². The molecule has 1 saturated carbocycles. The van der Waals surface area contributed by atoms with Crippen molar-refractivity contribution >= 4 is 0 Å². The lowest BCUT2D eigenvalue weighted by atomic mass is 9.55. The summed E-state index contributed by atoms with van der Waals surface area (Å²) in [5.41, 5.74) is -2.54. The number of hydrogen-bond acceptors (Lipinski definition) is 4. The molecule has 1 fully saturated rings. The molecule has 0 saturated heterocycles. The number of pyridine rings is 2. The van der Waals surface area contributed by atoms with Gasteiger partial charge < -0.3 is 10.2 Å². The summed E-state index contributed by atoms with van der Waals surface area (Å²) in [5, 5.41) is 20.9. The van der Waals surface area contributed by atoms with Gasteiger partial charge in [-0.2, -0.15) is 13.2 Å². The van der Waals surface area contributed by atoms with Crippen LogP contribution in [-0.2, 0) is 11.6 Å². The zero-order valence-electron chi connectivity index (χ0n) is 13.0. The Kier molecular flexibility index (Phi) is 3.88. The number of aliphatic hydroxyl groups is 2. The van der Waals surface area contributed by atoms with Crippen molar-refractivity contribution < 1.29 is 23.4 Å². The molecular formula is C17H17F3N2O2. The third-order valence-electron chi connectivity index (χ3n) is 4.48. The molecule has 0 aromatic carbocycles. The van der Waals surface area contributed by atoms with Gasteiger partial charge in [-0.3, -0.25) is 9.97 Å². The summed E-state index contributed by atoms with van der Waals surface area (Å²) < 4.78 is 39.0. The fourth-order valence-electron chi connectivity index (χ4n) is 3.52. The van der Waals surface area contributed by atoms with E-state index in [9.17, 15) is 23.4 Å². The van der Waals surface area contributed by atoms with E-state index in [4.69, 9.17) is 0 Å². The van der Waals surface area contributed by atoms with Gasteiger partial charge in [-0.25, -0.2) is 0 Å². The lowest BCUT2D eigenvalue weighted by Crippen LogP contribution is -2.56. The largest absolute Gasteiger partial charge is 0.416 e. The normalized spacial score (nSPS) is 28.2. The van der Waals surface area contributed by atoms with Crippen LogP contribution in [0.2, 0.25) is 0 Å². The first kappa shape index (κ1) is 16.9. The molecule has 0 aliphatic heterocycles. The van der Waals surface area contributed by atoms with Gasteiger partial charge in [0.1, 0.15) is 6.10 Å². The lowest BCUT2D eigenvalue weighted by molar-refractivity contribution is -0.139. The van der Waals surface area contributed by atoms with Gasteiger partial charge in [0.15, 0.2) is 0 Å². The van der Waals surface area contributed by atoms with Gasteiger partial charge in [0.05, 0.1) is 22.6 Å². The third kappa shape index (κ3) is 2.89. The molecule has 4 nitrogen and oxygen atoms in total. The molecule has 0 amide bonds. The van der Waals surface area contributed by atoms with Crippen molar-refractivity contribution in [1.29, 1.82) is 0 Å². The molecule has 1 aliphatic rings. The molecule has 128 valence electrons. The average Bonchev–Trinajstić information content (AvgIpc) is 2.51. The summed E-state index contributed by atoms with van der Waals surface area (Å²) in [6.07, 6.45) is -2.87. The first-order chi connectivity index (χ1) is 11.1. The van der Waals surface area contributed by atoms with Gasteiger partial charge in [0.25, 0.3) is 0 Å². The maximum atomic E-state index is 13.0. The second-order valence-corrected chi connectivity index (χ2v) is 6.59. The van der Waals surface area contributed by atoms with Crippen molar-refractivity contribution in [2.24, 2.45) is 0 Å². The van der Waals surface area contributed by atoms with Gasteiger partial charge in [-0.05, 0) is 44.0 Å². The van der Waals surface area contributed by atoms with Crippen LogP contribution in [0.4, 0.5) is 13.2 Å². The van der Waals surface area contributed by atoms with E-state index in [1.807, 2.05) is 0 Å². The molecule has 3 rings (SSSR count). The van der Waals surface area contributed by atoms with E-state index >= 15 is 0 Å². The summed E-state index contributed by atoms with van der Waals surface area (Å²) in [7, 11) is 0. The van der Waals surface area contributed by atoms with E-state index in [0.717, 1.165) is 18.3 Å². The van der Waals surface area contributed by atoms with Crippen molar-refractivity contribution in [1.82, 2.24) is 9.97 Å². The summed E-state index contributed by atoms with van der Waals surface area (Å²) in [6, 6.07) is 6.81. The minimum atomic E-state index is -4.50. The third-order valence-corrected chi connectivity index (χ3v) is 4.48. The maximum absolute atomic E-state index is 13.0. The molecule has 2 aromatic rings. The molecule has 1 atom stereocenters. The molecule has 24 heavy (non-hydrogen) atoms. The van der Waals surface area contributed by atoms with Crippen LogP contribution in [0, 0.1) is 0 Å². The Balaban J connectivity index is 2.05. The smallest absolute Gasteiger partial charge is 0.390 e.